The van der Waals surface area contributed by atoms with Crippen LogP contribution in [0.25, 0.3) is 0 Å². The molecule has 2 aliphatic rings. The average molecular weight is 327 g/mol. The van der Waals surface area contributed by atoms with E-state index in [1.807, 2.05) is 11.6 Å². The summed E-state index contributed by atoms with van der Waals surface area (Å²) in [5.74, 6) is 1.01. The number of hydrogen-bond acceptors (Lipinski definition) is 4. The van der Waals surface area contributed by atoms with Gasteiger partial charge in [-0.3, -0.25) is 9.69 Å². The molecule has 120 valence electrons. The lowest BCUT2D eigenvalue weighted by atomic mass is 10.1. The highest BCUT2D eigenvalue weighted by Gasteiger charge is 2.45. The molecule has 4 rings (SSSR count). The van der Waals surface area contributed by atoms with Crippen LogP contribution in [-0.2, 0) is 11.3 Å². The predicted molar refractivity (Wildman–Crippen MR) is 91.3 cm³/mol. The van der Waals surface area contributed by atoms with Gasteiger partial charge < -0.3 is 4.90 Å². The Morgan fingerprint density at radius 1 is 1.17 bits per heavy atom. The van der Waals surface area contributed by atoms with Gasteiger partial charge in [-0.15, -0.1) is 11.3 Å². The molecule has 0 bridgehead atoms. The third-order valence-corrected chi connectivity index (χ3v) is 5.52. The first-order chi connectivity index (χ1) is 11.3. The highest BCUT2D eigenvalue weighted by molar-refractivity contribution is 7.07. The van der Waals surface area contributed by atoms with E-state index in [2.05, 4.69) is 44.4 Å². The Morgan fingerprint density at radius 2 is 1.96 bits per heavy atom. The van der Waals surface area contributed by atoms with Gasteiger partial charge >= 0.3 is 0 Å². The minimum Gasteiger partial charge on any atom is -0.340 e. The molecule has 0 N–H and O–H groups in total. The normalized spacial score (nSPS) is 24.6. The third-order valence-electron chi connectivity index (χ3n) is 4.89. The van der Waals surface area contributed by atoms with Crippen LogP contribution < -0.4 is 0 Å². The molecule has 0 spiro atoms. The maximum absolute atomic E-state index is 12.7. The van der Waals surface area contributed by atoms with Crippen molar-refractivity contribution >= 4 is 17.2 Å². The van der Waals surface area contributed by atoms with Gasteiger partial charge in [-0.1, -0.05) is 30.3 Å². The second-order valence-corrected chi connectivity index (χ2v) is 7.16. The number of piperazine rings is 1. The topological polar surface area (TPSA) is 36.4 Å². The summed E-state index contributed by atoms with van der Waals surface area (Å²) in [6.45, 7) is 4.50. The molecule has 1 aliphatic heterocycles. The zero-order chi connectivity index (χ0) is 15.6. The van der Waals surface area contributed by atoms with Gasteiger partial charge in [0.2, 0.25) is 5.91 Å². The minimum atomic E-state index is 0.211. The Labute approximate surface area is 140 Å². The second-order valence-electron chi connectivity index (χ2n) is 6.44. The Kier molecular flexibility index (Phi) is 4.14. The van der Waals surface area contributed by atoms with E-state index in [-0.39, 0.29) is 5.92 Å². The second kappa shape index (κ2) is 6.42. The standard InChI is InChI=1S/C18H21N3OS/c22-18(17-10-16(17)14-4-2-1-3-5-14)21-8-6-20(7-9-21)11-15-12-23-13-19-15/h1-5,12-13,16-17H,6-11H2. The lowest BCUT2D eigenvalue weighted by molar-refractivity contribution is -0.134. The molecular weight excluding hydrogens is 306 g/mol. The molecule has 1 amide bonds. The fraction of sp³-hybridized carbons (Fsp3) is 0.444. The van der Waals surface area contributed by atoms with Crippen LogP contribution in [0.3, 0.4) is 0 Å². The van der Waals surface area contributed by atoms with Crippen LogP contribution in [0.1, 0.15) is 23.6 Å². The summed E-state index contributed by atoms with van der Waals surface area (Å²) in [6, 6.07) is 10.4. The van der Waals surface area contributed by atoms with Gasteiger partial charge in [0.15, 0.2) is 0 Å². The van der Waals surface area contributed by atoms with Crippen LogP contribution in [0.5, 0.6) is 0 Å². The van der Waals surface area contributed by atoms with Gasteiger partial charge in [0.05, 0.1) is 11.2 Å². The maximum atomic E-state index is 12.7. The van der Waals surface area contributed by atoms with E-state index < -0.39 is 0 Å². The van der Waals surface area contributed by atoms with Crippen molar-refractivity contribution in [2.75, 3.05) is 26.2 Å². The summed E-state index contributed by atoms with van der Waals surface area (Å²) in [4.78, 5) is 21.5. The van der Waals surface area contributed by atoms with E-state index in [0.29, 0.717) is 11.8 Å². The first-order valence-electron chi connectivity index (χ1n) is 8.24. The van der Waals surface area contributed by atoms with E-state index >= 15 is 0 Å². The van der Waals surface area contributed by atoms with Gasteiger partial charge in [0.25, 0.3) is 0 Å². The molecule has 1 aromatic heterocycles. The minimum absolute atomic E-state index is 0.211. The van der Waals surface area contributed by atoms with Gasteiger partial charge in [-0.25, -0.2) is 4.98 Å². The number of thiazole rings is 1. The molecule has 2 atom stereocenters. The van der Waals surface area contributed by atoms with Crippen LogP contribution in [0.15, 0.2) is 41.2 Å². The van der Waals surface area contributed by atoms with Crippen molar-refractivity contribution in [3.05, 3.63) is 52.5 Å². The van der Waals surface area contributed by atoms with Crippen molar-refractivity contribution in [2.24, 2.45) is 5.92 Å². The van der Waals surface area contributed by atoms with Crippen molar-refractivity contribution in [1.82, 2.24) is 14.8 Å². The van der Waals surface area contributed by atoms with Crippen molar-refractivity contribution in [3.63, 3.8) is 0 Å². The number of nitrogens with zero attached hydrogens (tertiary/aromatic N) is 3. The van der Waals surface area contributed by atoms with Crippen LogP contribution in [0.4, 0.5) is 0 Å². The molecule has 23 heavy (non-hydrogen) atoms. The zero-order valence-electron chi connectivity index (χ0n) is 13.1. The van der Waals surface area contributed by atoms with Gasteiger partial charge in [-0.2, -0.15) is 0 Å². The lowest BCUT2D eigenvalue weighted by Gasteiger charge is -2.34. The maximum Gasteiger partial charge on any atom is 0.226 e. The third kappa shape index (κ3) is 3.31. The van der Waals surface area contributed by atoms with Crippen LogP contribution >= 0.6 is 11.3 Å². The number of hydrogen-bond donors (Lipinski definition) is 0. The quantitative estimate of drug-likeness (QED) is 0.866. The SMILES string of the molecule is O=C(C1CC1c1ccccc1)N1CCN(Cc2cscn2)CC1. The average Bonchev–Trinajstić information content (AvgIpc) is 3.25. The van der Waals surface area contributed by atoms with Crippen molar-refractivity contribution in [2.45, 2.75) is 18.9 Å². The van der Waals surface area contributed by atoms with E-state index in [4.69, 9.17) is 0 Å². The van der Waals surface area contributed by atoms with Crippen LogP contribution in [-0.4, -0.2) is 46.9 Å². The fourth-order valence-corrected chi connectivity index (χ4v) is 3.99. The molecule has 0 radical (unpaired) electrons. The predicted octanol–water partition coefficient (Wildman–Crippen LogP) is 2.59. The molecule has 2 unspecified atom stereocenters. The van der Waals surface area contributed by atoms with E-state index in [0.717, 1.165) is 44.8 Å². The smallest absolute Gasteiger partial charge is 0.226 e. The molecule has 2 fully saturated rings. The first-order valence-corrected chi connectivity index (χ1v) is 9.18. The van der Waals surface area contributed by atoms with Gasteiger partial charge in [-0.05, 0) is 17.9 Å². The number of amides is 1. The van der Waals surface area contributed by atoms with Gasteiger partial charge in [0, 0.05) is 44.0 Å². The van der Waals surface area contributed by atoms with Crippen molar-refractivity contribution in [1.29, 1.82) is 0 Å². The molecule has 4 nitrogen and oxygen atoms in total. The van der Waals surface area contributed by atoms with E-state index in [9.17, 15) is 4.79 Å². The summed E-state index contributed by atoms with van der Waals surface area (Å²) in [7, 11) is 0. The Bertz CT molecular complexity index is 650. The fourth-order valence-electron chi connectivity index (χ4n) is 3.44. The summed E-state index contributed by atoms with van der Waals surface area (Å²) in [5.41, 5.74) is 4.33. The summed E-state index contributed by atoms with van der Waals surface area (Å²) in [5, 5.41) is 2.10. The van der Waals surface area contributed by atoms with Crippen molar-refractivity contribution < 1.29 is 4.79 Å². The molecule has 1 saturated heterocycles. The highest BCUT2D eigenvalue weighted by atomic mass is 32.1. The number of carbonyl (C=O) groups is 1. The number of benzene rings is 1. The molecule has 1 saturated carbocycles. The Hall–Kier alpha value is -1.72. The Balaban J connectivity index is 1.28. The monoisotopic (exact) mass is 327 g/mol. The van der Waals surface area contributed by atoms with Crippen molar-refractivity contribution in [3.8, 4) is 0 Å². The summed E-state index contributed by atoms with van der Waals surface area (Å²) in [6.07, 6.45) is 1.02. The van der Waals surface area contributed by atoms with Crippen LogP contribution in [0, 0.1) is 5.92 Å². The zero-order valence-corrected chi connectivity index (χ0v) is 13.9. The summed E-state index contributed by atoms with van der Waals surface area (Å²) < 4.78 is 0. The number of aromatic nitrogens is 1. The van der Waals surface area contributed by atoms with Gasteiger partial charge in [0.1, 0.15) is 0 Å². The molecule has 2 heterocycles. The molecule has 1 aromatic carbocycles. The Morgan fingerprint density at radius 3 is 2.65 bits per heavy atom. The number of rotatable bonds is 4. The molecule has 5 heteroatoms. The van der Waals surface area contributed by atoms with E-state index in [1.165, 1.54) is 5.56 Å². The highest BCUT2D eigenvalue weighted by Crippen LogP contribution is 2.48. The first kappa shape index (κ1) is 14.8. The molecule has 2 aromatic rings. The lowest BCUT2D eigenvalue weighted by Crippen LogP contribution is -2.48. The van der Waals surface area contributed by atoms with Crippen LogP contribution in [0.2, 0.25) is 0 Å². The summed E-state index contributed by atoms with van der Waals surface area (Å²) >= 11 is 1.64. The largest absolute Gasteiger partial charge is 0.340 e. The number of carbonyl (C=O) groups excluding carboxylic acids is 1. The molecular formula is C18H21N3OS. The van der Waals surface area contributed by atoms with E-state index in [1.54, 1.807) is 11.3 Å². The molecule has 1 aliphatic carbocycles.